The van der Waals surface area contributed by atoms with Crippen molar-refractivity contribution >= 4 is 17.6 Å². The maximum atomic E-state index is 5.67. The number of aromatic nitrogens is 1. The third-order valence-corrected chi connectivity index (χ3v) is 6.79. The highest BCUT2D eigenvalue weighted by Gasteiger charge is 2.17. The van der Waals surface area contributed by atoms with E-state index in [4.69, 9.17) is 29.0 Å². The number of hydrogen-bond acceptors (Lipinski definition) is 7. The summed E-state index contributed by atoms with van der Waals surface area (Å²) in [5.41, 5.74) is 2.78. The van der Waals surface area contributed by atoms with Crippen LogP contribution in [-0.4, -0.2) is 37.9 Å². The molecule has 0 saturated heterocycles. The highest BCUT2D eigenvalue weighted by Crippen LogP contribution is 2.34. The third-order valence-electron chi connectivity index (χ3n) is 5.96. The van der Waals surface area contributed by atoms with Gasteiger partial charge in [-0.2, -0.15) is 5.10 Å². The molecule has 2 aromatic carbocycles. The molecule has 1 aliphatic carbocycles. The predicted molar refractivity (Wildman–Crippen MR) is 129 cm³/mol. The van der Waals surface area contributed by atoms with Crippen molar-refractivity contribution < 1.29 is 18.9 Å². The van der Waals surface area contributed by atoms with Crippen LogP contribution in [0.1, 0.15) is 37.7 Å². The molecule has 5 rings (SSSR count). The van der Waals surface area contributed by atoms with E-state index in [1.165, 1.54) is 19.3 Å². The van der Waals surface area contributed by atoms with Crippen LogP contribution in [0.2, 0.25) is 0 Å². The smallest absolute Gasteiger partial charge is 0.231 e. The molecule has 33 heavy (non-hydrogen) atoms. The number of hydrogen-bond donors (Lipinski definition) is 0. The Morgan fingerprint density at radius 1 is 1.00 bits per heavy atom. The molecule has 3 aromatic rings. The lowest BCUT2D eigenvalue weighted by atomic mass is 9.96. The van der Waals surface area contributed by atoms with E-state index >= 15 is 0 Å². The van der Waals surface area contributed by atoms with Gasteiger partial charge < -0.3 is 18.9 Å². The second-order valence-electron chi connectivity index (χ2n) is 8.06. The molecule has 1 fully saturated rings. The molecular weight excluding hydrogens is 438 g/mol. The number of benzene rings is 2. The molecule has 7 nitrogen and oxygen atoms in total. The highest BCUT2D eigenvalue weighted by molar-refractivity contribution is 7.07. The minimum atomic E-state index is 0.251. The Labute approximate surface area is 196 Å². The summed E-state index contributed by atoms with van der Waals surface area (Å²) in [7, 11) is 3.31. The highest BCUT2D eigenvalue weighted by atomic mass is 32.1. The number of fused-ring (bicyclic) bond motifs is 1. The first kappa shape index (κ1) is 21.6. The fraction of sp³-hybridized carbons (Fsp3) is 0.360. The first-order chi connectivity index (χ1) is 16.2. The summed E-state index contributed by atoms with van der Waals surface area (Å²) in [6.07, 6.45) is 7.86. The zero-order valence-electron chi connectivity index (χ0n) is 18.8. The third kappa shape index (κ3) is 4.61. The average molecular weight is 466 g/mol. The first-order valence-corrected chi connectivity index (χ1v) is 12.0. The van der Waals surface area contributed by atoms with Gasteiger partial charge >= 0.3 is 0 Å². The van der Waals surface area contributed by atoms with Crippen molar-refractivity contribution in [1.82, 2.24) is 4.68 Å². The van der Waals surface area contributed by atoms with Crippen LogP contribution in [0.5, 0.6) is 23.0 Å². The summed E-state index contributed by atoms with van der Waals surface area (Å²) in [6.45, 7) is 0.251. The van der Waals surface area contributed by atoms with Gasteiger partial charge in [-0.3, -0.25) is 4.99 Å². The molecule has 0 spiro atoms. The van der Waals surface area contributed by atoms with Crippen molar-refractivity contribution in [2.75, 3.05) is 21.0 Å². The van der Waals surface area contributed by atoms with Gasteiger partial charge in [0, 0.05) is 17.0 Å². The van der Waals surface area contributed by atoms with Gasteiger partial charge in [0.1, 0.15) is 11.5 Å². The second-order valence-corrected chi connectivity index (χ2v) is 8.90. The Hall–Kier alpha value is -3.26. The molecule has 0 atom stereocenters. The summed E-state index contributed by atoms with van der Waals surface area (Å²) in [5, 5.41) is 6.93. The van der Waals surface area contributed by atoms with Gasteiger partial charge in [0.25, 0.3) is 0 Å². The van der Waals surface area contributed by atoms with E-state index in [1.807, 2.05) is 47.3 Å². The topological polar surface area (TPSA) is 66.6 Å². The zero-order valence-corrected chi connectivity index (χ0v) is 19.6. The van der Waals surface area contributed by atoms with E-state index in [9.17, 15) is 0 Å². The molecule has 1 aromatic heterocycles. The molecule has 2 heterocycles. The van der Waals surface area contributed by atoms with E-state index in [1.54, 1.807) is 25.6 Å². The molecule has 1 saturated carbocycles. The van der Waals surface area contributed by atoms with Gasteiger partial charge in [0.05, 0.1) is 32.2 Å². The van der Waals surface area contributed by atoms with Gasteiger partial charge in [-0.25, -0.2) is 4.68 Å². The van der Waals surface area contributed by atoms with Crippen LogP contribution in [0.3, 0.4) is 0 Å². The van der Waals surface area contributed by atoms with E-state index in [0.29, 0.717) is 6.04 Å². The van der Waals surface area contributed by atoms with Crippen molar-refractivity contribution in [2.45, 2.75) is 38.1 Å². The Kier molecular flexibility index (Phi) is 6.35. The normalized spacial score (nSPS) is 16.5. The molecule has 172 valence electrons. The lowest BCUT2D eigenvalue weighted by Gasteiger charge is -2.17. The van der Waals surface area contributed by atoms with Crippen LogP contribution < -0.4 is 23.7 Å². The lowest BCUT2D eigenvalue weighted by molar-refractivity contribution is 0.174. The second kappa shape index (κ2) is 9.70. The standard InChI is InChI=1S/C25H27N3O4S/c1-29-19-9-10-20(23(13-19)30-2)21-15-33-25(27-18-6-4-3-5-7-18)28(21)26-14-17-8-11-22-24(12-17)32-16-31-22/h8-15,18H,3-7,16H2,1-2H3. The number of nitrogens with zero attached hydrogens (tertiary/aromatic N) is 3. The van der Waals surface area contributed by atoms with E-state index < -0.39 is 0 Å². The van der Waals surface area contributed by atoms with E-state index in [2.05, 4.69) is 5.38 Å². The molecule has 0 unspecified atom stereocenters. The average Bonchev–Trinajstić information content (AvgIpc) is 3.49. The monoisotopic (exact) mass is 465 g/mol. The molecule has 1 aliphatic heterocycles. The van der Waals surface area contributed by atoms with Crippen molar-refractivity contribution in [3.8, 4) is 34.3 Å². The molecule has 0 N–H and O–H groups in total. The molecule has 8 heteroatoms. The van der Waals surface area contributed by atoms with Gasteiger partial charge in [0.2, 0.25) is 11.6 Å². The maximum absolute atomic E-state index is 5.67. The maximum Gasteiger partial charge on any atom is 0.231 e. The van der Waals surface area contributed by atoms with E-state index in [0.717, 1.165) is 57.5 Å². The van der Waals surface area contributed by atoms with Crippen LogP contribution in [0.25, 0.3) is 11.3 Å². The van der Waals surface area contributed by atoms with Gasteiger partial charge in [0.15, 0.2) is 11.5 Å². The van der Waals surface area contributed by atoms with Crippen LogP contribution in [0.15, 0.2) is 51.9 Å². The molecular formula is C25H27N3O4S. The van der Waals surface area contributed by atoms with Gasteiger partial charge in [-0.15, -0.1) is 11.3 Å². The largest absolute Gasteiger partial charge is 0.497 e. The molecule has 0 amide bonds. The fourth-order valence-electron chi connectivity index (χ4n) is 4.18. The Morgan fingerprint density at radius 2 is 1.85 bits per heavy atom. The number of rotatable bonds is 6. The Morgan fingerprint density at radius 3 is 2.67 bits per heavy atom. The van der Waals surface area contributed by atoms with Crippen molar-refractivity contribution in [3.05, 3.63) is 52.1 Å². The lowest BCUT2D eigenvalue weighted by Crippen LogP contribution is -2.19. The number of ether oxygens (including phenoxy) is 4. The predicted octanol–water partition coefficient (Wildman–Crippen LogP) is 5.08. The first-order valence-electron chi connectivity index (χ1n) is 11.2. The fourth-order valence-corrected chi connectivity index (χ4v) is 5.08. The summed E-state index contributed by atoms with van der Waals surface area (Å²) in [4.78, 5) is 5.96. The van der Waals surface area contributed by atoms with Crippen LogP contribution in [0.4, 0.5) is 0 Å². The zero-order chi connectivity index (χ0) is 22.6. The van der Waals surface area contributed by atoms with Crippen molar-refractivity contribution in [1.29, 1.82) is 0 Å². The Balaban J connectivity index is 1.58. The quantitative estimate of drug-likeness (QED) is 0.476. The van der Waals surface area contributed by atoms with Gasteiger partial charge in [-0.1, -0.05) is 19.3 Å². The van der Waals surface area contributed by atoms with E-state index in [-0.39, 0.29) is 6.79 Å². The minimum Gasteiger partial charge on any atom is -0.497 e. The summed E-state index contributed by atoms with van der Waals surface area (Å²) >= 11 is 1.60. The number of thiazole rings is 1. The van der Waals surface area contributed by atoms with Crippen LogP contribution in [-0.2, 0) is 0 Å². The number of methoxy groups -OCH3 is 2. The van der Waals surface area contributed by atoms with Crippen molar-refractivity contribution in [3.63, 3.8) is 0 Å². The summed E-state index contributed by atoms with van der Waals surface area (Å²) < 4.78 is 23.9. The Bertz CT molecular complexity index is 1220. The minimum absolute atomic E-state index is 0.251. The molecule has 0 bridgehead atoms. The summed E-state index contributed by atoms with van der Waals surface area (Å²) in [5.74, 6) is 2.96. The molecule has 0 radical (unpaired) electrons. The summed E-state index contributed by atoms with van der Waals surface area (Å²) in [6, 6.07) is 12.0. The van der Waals surface area contributed by atoms with Crippen LogP contribution >= 0.6 is 11.3 Å². The SMILES string of the molecule is COc1ccc(-c2csc(=NC3CCCCC3)n2N=Cc2ccc3c(c2)OCO3)c(OC)c1. The van der Waals surface area contributed by atoms with Crippen molar-refractivity contribution in [2.24, 2.45) is 10.1 Å². The molecule has 2 aliphatic rings. The van der Waals surface area contributed by atoms with Gasteiger partial charge in [-0.05, 0) is 48.7 Å². The van der Waals surface area contributed by atoms with Crippen LogP contribution in [0, 0.1) is 0 Å².